The summed E-state index contributed by atoms with van der Waals surface area (Å²) in [5.74, 6) is 0.0492. The first kappa shape index (κ1) is 21.1. The van der Waals surface area contributed by atoms with Crippen molar-refractivity contribution in [3.05, 3.63) is 35.9 Å². The maximum Gasteiger partial charge on any atom is 0.236 e. The highest BCUT2D eigenvalue weighted by atomic mass is 35.5. The zero-order chi connectivity index (χ0) is 14.4. The van der Waals surface area contributed by atoms with Crippen LogP contribution in [0.15, 0.2) is 30.3 Å². The van der Waals surface area contributed by atoms with Crippen LogP contribution < -0.4 is 5.32 Å². The number of rotatable bonds is 4. The molecule has 7 heteroatoms. The van der Waals surface area contributed by atoms with Crippen LogP contribution in [0.3, 0.4) is 0 Å². The quantitative estimate of drug-likeness (QED) is 0.842. The Kier molecular flexibility index (Phi) is 10.4. The summed E-state index contributed by atoms with van der Waals surface area (Å²) in [4.78, 5) is 15.8. The van der Waals surface area contributed by atoms with E-state index >= 15 is 0 Å². The third-order valence-electron chi connectivity index (χ3n) is 3.52. The second-order valence-electron chi connectivity index (χ2n) is 5.24. The Bertz CT molecular complexity index is 434. The van der Waals surface area contributed by atoms with Crippen LogP contribution in [-0.2, 0) is 11.3 Å². The van der Waals surface area contributed by atoms with Crippen molar-refractivity contribution in [2.75, 3.05) is 39.8 Å². The maximum atomic E-state index is 11.9. The molecule has 1 heterocycles. The number of aliphatic hydroxyl groups excluding tert-OH is 1. The van der Waals surface area contributed by atoms with Gasteiger partial charge < -0.3 is 15.3 Å². The fourth-order valence-corrected chi connectivity index (χ4v) is 2.53. The van der Waals surface area contributed by atoms with Crippen LogP contribution in [0.25, 0.3) is 0 Å². The first-order chi connectivity index (χ1) is 9.69. The molecule has 1 aromatic rings. The van der Waals surface area contributed by atoms with Crippen molar-refractivity contribution in [1.82, 2.24) is 15.1 Å². The van der Waals surface area contributed by atoms with Gasteiger partial charge in [0.1, 0.15) is 0 Å². The normalized spacial score (nSPS) is 18.8. The maximum absolute atomic E-state index is 11.9. The number of nitrogens with one attached hydrogen (secondary N) is 1. The SMILES string of the molecule is CNCC(=O)N1CCN(Cc2ccccc2)CC(O)C1.Cl.Cl. The average molecular weight is 350 g/mol. The molecule has 1 aliphatic heterocycles. The number of nitrogens with zero attached hydrogens (tertiary/aromatic N) is 2. The number of carbonyl (C=O) groups is 1. The molecule has 0 radical (unpaired) electrons. The van der Waals surface area contributed by atoms with E-state index in [1.54, 1.807) is 11.9 Å². The fraction of sp³-hybridized carbons (Fsp3) is 0.533. The Labute approximate surface area is 144 Å². The van der Waals surface area contributed by atoms with E-state index in [0.29, 0.717) is 26.2 Å². The predicted molar refractivity (Wildman–Crippen MR) is 92.7 cm³/mol. The lowest BCUT2D eigenvalue weighted by Crippen LogP contribution is -2.41. The second kappa shape index (κ2) is 10.8. The van der Waals surface area contributed by atoms with Crippen LogP contribution in [0.2, 0.25) is 0 Å². The molecule has 126 valence electrons. The third-order valence-corrected chi connectivity index (χ3v) is 3.52. The molecule has 2 N–H and O–H groups in total. The molecule has 5 nitrogen and oxygen atoms in total. The smallest absolute Gasteiger partial charge is 0.236 e. The summed E-state index contributed by atoms with van der Waals surface area (Å²) in [6.45, 7) is 3.63. The standard InChI is InChI=1S/C15H23N3O2.2ClH/c1-16-9-15(20)18-8-7-17(11-14(19)12-18)10-13-5-3-2-4-6-13;;/h2-6,14,16,19H,7-12H2,1H3;2*1H. The van der Waals surface area contributed by atoms with Gasteiger partial charge in [0.15, 0.2) is 0 Å². The molecule has 2 rings (SSSR count). The molecule has 1 saturated heterocycles. The van der Waals surface area contributed by atoms with Gasteiger partial charge in [-0.05, 0) is 12.6 Å². The first-order valence-corrected chi connectivity index (χ1v) is 7.05. The van der Waals surface area contributed by atoms with Gasteiger partial charge in [-0.2, -0.15) is 0 Å². The van der Waals surface area contributed by atoms with Crippen LogP contribution >= 0.6 is 24.8 Å². The lowest BCUT2D eigenvalue weighted by Gasteiger charge is -2.21. The zero-order valence-corrected chi connectivity index (χ0v) is 14.4. The minimum absolute atomic E-state index is 0. The number of hydrogen-bond donors (Lipinski definition) is 2. The summed E-state index contributed by atoms with van der Waals surface area (Å²) in [7, 11) is 1.76. The van der Waals surface area contributed by atoms with Crippen molar-refractivity contribution in [2.24, 2.45) is 0 Å². The molecule has 22 heavy (non-hydrogen) atoms. The lowest BCUT2D eigenvalue weighted by atomic mass is 10.2. The van der Waals surface area contributed by atoms with E-state index in [-0.39, 0.29) is 30.7 Å². The van der Waals surface area contributed by atoms with Crippen molar-refractivity contribution in [2.45, 2.75) is 12.6 Å². The van der Waals surface area contributed by atoms with E-state index < -0.39 is 6.10 Å². The Morgan fingerprint density at radius 2 is 1.91 bits per heavy atom. The van der Waals surface area contributed by atoms with Crippen LogP contribution in [0.1, 0.15) is 5.56 Å². The minimum atomic E-state index is -0.484. The van der Waals surface area contributed by atoms with Gasteiger partial charge in [-0.3, -0.25) is 9.69 Å². The van der Waals surface area contributed by atoms with Gasteiger partial charge in [0.25, 0.3) is 0 Å². The summed E-state index contributed by atoms with van der Waals surface area (Å²) < 4.78 is 0. The molecular formula is C15H25Cl2N3O2. The molecule has 1 aromatic carbocycles. The van der Waals surface area contributed by atoms with Crippen LogP contribution in [0.4, 0.5) is 0 Å². The number of β-amino-alcohol motifs (C(OH)–C–C–N with tert-alkyl or cyclic N) is 1. The monoisotopic (exact) mass is 349 g/mol. The summed E-state index contributed by atoms with van der Waals surface area (Å²) >= 11 is 0. The Hall–Kier alpha value is -0.850. The summed E-state index contributed by atoms with van der Waals surface area (Å²) in [6, 6.07) is 10.2. The number of aliphatic hydroxyl groups is 1. The number of carbonyl (C=O) groups excluding carboxylic acids is 1. The Morgan fingerprint density at radius 3 is 2.55 bits per heavy atom. The van der Waals surface area contributed by atoms with Gasteiger partial charge >= 0.3 is 0 Å². The topological polar surface area (TPSA) is 55.8 Å². The fourth-order valence-electron chi connectivity index (χ4n) is 2.53. The number of halogens is 2. The van der Waals surface area contributed by atoms with Crippen molar-refractivity contribution >= 4 is 30.7 Å². The molecule has 1 aliphatic rings. The number of hydrogen-bond acceptors (Lipinski definition) is 4. The number of likely N-dealkylation sites (N-methyl/N-ethyl adjacent to an activating group) is 1. The van der Waals surface area contributed by atoms with Crippen LogP contribution in [0.5, 0.6) is 0 Å². The van der Waals surface area contributed by atoms with E-state index in [4.69, 9.17) is 0 Å². The van der Waals surface area contributed by atoms with Crippen molar-refractivity contribution in [3.8, 4) is 0 Å². The largest absolute Gasteiger partial charge is 0.390 e. The van der Waals surface area contributed by atoms with Crippen molar-refractivity contribution in [3.63, 3.8) is 0 Å². The molecule has 1 amide bonds. The number of benzene rings is 1. The van der Waals surface area contributed by atoms with E-state index in [2.05, 4.69) is 22.3 Å². The molecule has 1 atom stereocenters. The second-order valence-corrected chi connectivity index (χ2v) is 5.24. The molecule has 0 aliphatic carbocycles. The Morgan fingerprint density at radius 1 is 1.23 bits per heavy atom. The molecule has 1 unspecified atom stereocenters. The van der Waals surface area contributed by atoms with Gasteiger partial charge in [0.2, 0.25) is 5.91 Å². The minimum Gasteiger partial charge on any atom is -0.390 e. The van der Waals surface area contributed by atoms with Gasteiger partial charge in [0.05, 0.1) is 12.6 Å². The molecule has 1 fully saturated rings. The molecule has 0 aromatic heterocycles. The molecular weight excluding hydrogens is 325 g/mol. The highest BCUT2D eigenvalue weighted by Gasteiger charge is 2.23. The third kappa shape index (κ3) is 6.50. The van der Waals surface area contributed by atoms with Crippen molar-refractivity contribution in [1.29, 1.82) is 0 Å². The van der Waals surface area contributed by atoms with E-state index in [9.17, 15) is 9.90 Å². The van der Waals surface area contributed by atoms with Crippen molar-refractivity contribution < 1.29 is 9.90 Å². The summed E-state index contributed by atoms with van der Waals surface area (Å²) in [6.07, 6.45) is -0.484. The van der Waals surface area contributed by atoms with Gasteiger partial charge in [-0.15, -0.1) is 24.8 Å². The number of amides is 1. The summed E-state index contributed by atoms with van der Waals surface area (Å²) in [5, 5.41) is 12.9. The van der Waals surface area contributed by atoms with E-state index in [0.717, 1.165) is 13.1 Å². The van der Waals surface area contributed by atoms with E-state index in [1.807, 2.05) is 18.2 Å². The first-order valence-electron chi connectivity index (χ1n) is 7.05. The predicted octanol–water partition coefficient (Wildman–Crippen LogP) is 0.755. The molecule has 0 bridgehead atoms. The highest BCUT2D eigenvalue weighted by Crippen LogP contribution is 2.09. The summed E-state index contributed by atoms with van der Waals surface area (Å²) in [5.41, 5.74) is 1.23. The average Bonchev–Trinajstić information content (AvgIpc) is 2.62. The van der Waals surface area contributed by atoms with Gasteiger partial charge in [-0.25, -0.2) is 0 Å². The van der Waals surface area contributed by atoms with Crippen LogP contribution in [0, 0.1) is 0 Å². The van der Waals surface area contributed by atoms with Crippen LogP contribution in [-0.4, -0.2) is 66.7 Å². The molecule has 0 spiro atoms. The zero-order valence-electron chi connectivity index (χ0n) is 12.8. The van der Waals surface area contributed by atoms with E-state index in [1.165, 1.54) is 5.56 Å². The Balaban J connectivity index is 0.00000220. The highest BCUT2D eigenvalue weighted by molar-refractivity contribution is 5.85. The molecule has 0 saturated carbocycles. The van der Waals surface area contributed by atoms with Gasteiger partial charge in [-0.1, -0.05) is 30.3 Å². The van der Waals surface area contributed by atoms with Gasteiger partial charge in [0, 0.05) is 32.7 Å². The lowest BCUT2D eigenvalue weighted by molar-refractivity contribution is -0.131.